The van der Waals surface area contributed by atoms with Gasteiger partial charge in [0, 0.05) is 0 Å². The van der Waals surface area contributed by atoms with E-state index in [9.17, 15) is 4.39 Å². The van der Waals surface area contributed by atoms with Crippen LogP contribution >= 0.6 is 0 Å². The molecule has 1 saturated heterocycles. The molecular weight excluding hydrogens is 201 g/mol. The molecule has 1 heterocycles. The summed E-state index contributed by atoms with van der Waals surface area (Å²) in [5, 5.41) is 3.38. The van der Waals surface area contributed by atoms with E-state index >= 15 is 0 Å². The second-order valence-corrected chi connectivity index (χ2v) is 4.56. The number of hydrogen-bond acceptors (Lipinski definition) is 1. The number of aryl methyl sites for hydroxylation is 1. The summed E-state index contributed by atoms with van der Waals surface area (Å²) >= 11 is 0. The second kappa shape index (κ2) is 6.00. The molecule has 1 aromatic rings. The van der Waals surface area contributed by atoms with Crippen molar-refractivity contribution in [3.05, 3.63) is 35.4 Å². The highest BCUT2D eigenvalue weighted by Crippen LogP contribution is 2.25. The molecule has 0 unspecified atom stereocenters. The molecule has 88 valence electrons. The molecule has 0 saturated carbocycles. The van der Waals surface area contributed by atoms with Crippen molar-refractivity contribution in [2.45, 2.75) is 31.6 Å². The SMILES string of the molecule is FCCCc1ccc(C2CCNCC2)cc1. The van der Waals surface area contributed by atoms with Crippen LogP contribution in [0.1, 0.15) is 36.3 Å². The highest BCUT2D eigenvalue weighted by Gasteiger charge is 2.14. The van der Waals surface area contributed by atoms with E-state index in [-0.39, 0.29) is 6.67 Å². The van der Waals surface area contributed by atoms with Gasteiger partial charge in [-0.25, -0.2) is 0 Å². The van der Waals surface area contributed by atoms with Gasteiger partial charge in [-0.2, -0.15) is 0 Å². The van der Waals surface area contributed by atoms with E-state index in [2.05, 4.69) is 29.6 Å². The Labute approximate surface area is 97.1 Å². The van der Waals surface area contributed by atoms with Crippen molar-refractivity contribution in [1.29, 1.82) is 0 Å². The van der Waals surface area contributed by atoms with Crippen molar-refractivity contribution in [2.24, 2.45) is 0 Å². The van der Waals surface area contributed by atoms with Crippen LogP contribution in [0.5, 0.6) is 0 Å². The van der Waals surface area contributed by atoms with E-state index in [4.69, 9.17) is 0 Å². The van der Waals surface area contributed by atoms with Crippen LogP contribution in [0.3, 0.4) is 0 Å². The third kappa shape index (κ3) is 3.05. The minimum Gasteiger partial charge on any atom is -0.317 e. The lowest BCUT2D eigenvalue weighted by atomic mass is 9.89. The minimum atomic E-state index is -0.212. The second-order valence-electron chi connectivity index (χ2n) is 4.56. The van der Waals surface area contributed by atoms with E-state index in [0.717, 1.165) is 25.4 Å². The molecule has 0 bridgehead atoms. The summed E-state index contributed by atoms with van der Waals surface area (Å²) in [4.78, 5) is 0. The number of benzene rings is 1. The average Bonchev–Trinajstić information content (AvgIpc) is 2.38. The predicted molar refractivity (Wildman–Crippen MR) is 65.6 cm³/mol. The molecule has 1 fully saturated rings. The maximum Gasteiger partial charge on any atom is 0.0897 e. The molecule has 0 aliphatic carbocycles. The summed E-state index contributed by atoms with van der Waals surface area (Å²) in [6.07, 6.45) is 3.99. The number of rotatable bonds is 4. The third-order valence-electron chi connectivity index (χ3n) is 3.39. The Kier molecular flexibility index (Phi) is 4.34. The summed E-state index contributed by atoms with van der Waals surface area (Å²) < 4.78 is 12.0. The number of alkyl halides is 1. The van der Waals surface area contributed by atoms with Gasteiger partial charge < -0.3 is 5.32 Å². The zero-order chi connectivity index (χ0) is 11.2. The lowest BCUT2D eigenvalue weighted by molar-refractivity contribution is 0.460. The van der Waals surface area contributed by atoms with Gasteiger partial charge in [-0.05, 0) is 55.8 Å². The van der Waals surface area contributed by atoms with E-state index in [1.54, 1.807) is 0 Å². The maximum atomic E-state index is 12.0. The van der Waals surface area contributed by atoms with Gasteiger partial charge in [-0.15, -0.1) is 0 Å². The largest absolute Gasteiger partial charge is 0.317 e. The highest BCUT2D eigenvalue weighted by atomic mass is 19.1. The first-order valence-electron chi connectivity index (χ1n) is 6.25. The molecule has 1 aromatic carbocycles. The van der Waals surface area contributed by atoms with E-state index in [1.165, 1.54) is 24.0 Å². The molecule has 1 aliphatic rings. The van der Waals surface area contributed by atoms with Crippen molar-refractivity contribution >= 4 is 0 Å². The monoisotopic (exact) mass is 221 g/mol. The molecule has 0 radical (unpaired) electrons. The Morgan fingerprint density at radius 2 is 1.81 bits per heavy atom. The summed E-state index contributed by atoms with van der Waals surface area (Å²) in [6, 6.07) is 8.77. The molecule has 16 heavy (non-hydrogen) atoms. The fraction of sp³-hybridized carbons (Fsp3) is 0.571. The Morgan fingerprint density at radius 3 is 2.44 bits per heavy atom. The molecular formula is C14H20FN. The summed E-state index contributed by atoms with van der Waals surface area (Å²) in [7, 11) is 0. The molecule has 2 rings (SSSR count). The van der Waals surface area contributed by atoms with Gasteiger partial charge in [0.05, 0.1) is 6.67 Å². The standard InChI is InChI=1S/C14H20FN/c15-9-1-2-12-3-5-13(6-4-12)14-7-10-16-11-8-14/h3-6,14,16H,1-2,7-11H2. The smallest absolute Gasteiger partial charge is 0.0897 e. The highest BCUT2D eigenvalue weighted by molar-refractivity contribution is 5.26. The summed E-state index contributed by atoms with van der Waals surface area (Å²) in [6.45, 7) is 2.05. The van der Waals surface area contributed by atoms with Gasteiger partial charge in [0.15, 0.2) is 0 Å². The molecule has 1 aliphatic heterocycles. The fourth-order valence-corrected chi connectivity index (χ4v) is 2.38. The van der Waals surface area contributed by atoms with Crippen molar-refractivity contribution in [1.82, 2.24) is 5.32 Å². The summed E-state index contributed by atoms with van der Waals surface area (Å²) in [5.41, 5.74) is 2.71. The van der Waals surface area contributed by atoms with Crippen LogP contribution < -0.4 is 5.32 Å². The molecule has 0 amide bonds. The third-order valence-corrected chi connectivity index (χ3v) is 3.39. The topological polar surface area (TPSA) is 12.0 Å². The molecule has 1 N–H and O–H groups in total. The minimum absolute atomic E-state index is 0.212. The van der Waals surface area contributed by atoms with Gasteiger partial charge in [-0.3, -0.25) is 4.39 Å². The Hall–Kier alpha value is -0.890. The van der Waals surface area contributed by atoms with E-state index < -0.39 is 0 Å². The van der Waals surface area contributed by atoms with Crippen molar-refractivity contribution < 1.29 is 4.39 Å². The lowest BCUT2D eigenvalue weighted by Gasteiger charge is -2.23. The molecule has 1 nitrogen and oxygen atoms in total. The zero-order valence-corrected chi connectivity index (χ0v) is 9.71. The van der Waals surface area contributed by atoms with Crippen LogP contribution in [0.2, 0.25) is 0 Å². The van der Waals surface area contributed by atoms with Crippen LogP contribution in [-0.2, 0) is 6.42 Å². The van der Waals surface area contributed by atoms with E-state index in [1.807, 2.05) is 0 Å². The maximum absolute atomic E-state index is 12.0. The van der Waals surface area contributed by atoms with Crippen LogP contribution in [-0.4, -0.2) is 19.8 Å². The fourth-order valence-electron chi connectivity index (χ4n) is 2.38. The first-order valence-corrected chi connectivity index (χ1v) is 6.25. The Morgan fingerprint density at radius 1 is 1.12 bits per heavy atom. The van der Waals surface area contributed by atoms with Crippen LogP contribution in [0.15, 0.2) is 24.3 Å². The van der Waals surface area contributed by atoms with Gasteiger partial charge in [0.2, 0.25) is 0 Å². The van der Waals surface area contributed by atoms with Crippen molar-refractivity contribution in [3.63, 3.8) is 0 Å². The average molecular weight is 221 g/mol. The Bertz CT molecular complexity index is 301. The number of halogens is 1. The number of hydrogen-bond donors (Lipinski definition) is 1. The quantitative estimate of drug-likeness (QED) is 0.824. The zero-order valence-electron chi connectivity index (χ0n) is 9.71. The van der Waals surface area contributed by atoms with Crippen LogP contribution in [0.25, 0.3) is 0 Å². The molecule has 0 atom stereocenters. The lowest BCUT2D eigenvalue weighted by Crippen LogP contribution is -2.26. The predicted octanol–water partition coefficient (Wildman–Crippen LogP) is 3.06. The van der Waals surface area contributed by atoms with Gasteiger partial charge in [-0.1, -0.05) is 24.3 Å². The first-order chi connectivity index (χ1) is 7.90. The summed E-state index contributed by atoms with van der Waals surface area (Å²) in [5.74, 6) is 0.719. The van der Waals surface area contributed by atoms with Crippen molar-refractivity contribution in [2.75, 3.05) is 19.8 Å². The van der Waals surface area contributed by atoms with Gasteiger partial charge >= 0.3 is 0 Å². The van der Waals surface area contributed by atoms with Crippen LogP contribution in [0.4, 0.5) is 4.39 Å². The van der Waals surface area contributed by atoms with E-state index in [0.29, 0.717) is 6.42 Å². The number of nitrogens with one attached hydrogen (secondary N) is 1. The van der Waals surface area contributed by atoms with Crippen LogP contribution in [0, 0.1) is 0 Å². The molecule has 0 spiro atoms. The normalized spacial score (nSPS) is 17.6. The number of piperidine rings is 1. The molecule has 0 aromatic heterocycles. The molecule has 2 heteroatoms. The van der Waals surface area contributed by atoms with Gasteiger partial charge in [0.25, 0.3) is 0 Å². The first kappa shape index (κ1) is 11.6. The van der Waals surface area contributed by atoms with Gasteiger partial charge in [0.1, 0.15) is 0 Å². The van der Waals surface area contributed by atoms with Crippen molar-refractivity contribution in [3.8, 4) is 0 Å². The Balaban J connectivity index is 1.95.